The first-order valence-electron chi connectivity index (χ1n) is 9.32. The van der Waals surface area contributed by atoms with Crippen LogP contribution in [0.2, 0.25) is 5.02 Å². The van der Waals surface area contributed by atoms with E-state index in [1.807, 2.05) is 36.4 Å². The molecule has 1 heterocycles. The van der Waals surface area contributed by atoms with Gasteiger partial charge in [-0.2, -0.15) is 0 Å². The van der Waals surface area contributed by atoms with E-state index in [2.05, 4.69) is 19.1 Å². The topological polar surface area (TPSA) is 46.5 Å². The Kier molecular flexibility index (Phi) is 4.86. The highest BCUT2D eigenvalue weighted by molar-refractivity contribution is 6.30. The van der Waals surface area contributed by atoms with Crippen molar-refractivity contribution in [2.24, 2.45) is 0 Å². The van der Waals surface area contributed by atoms with Gasteiger partial charge in [-0.05, 0) is 78.4 Å². The van der Waals surface area contributed by atoms with Gasteiger partial charge in [-0.3, -0.25) is 0 Å². The van der Waals surface area contributed by atoms with Crippen LogP contribution in [0.15, 0.2) is 66.7 Å². The van der Waals surface area contributed by atoms with E-state index in [1.54, 1.807) is 18.2 Å². The quantitative estimate of drug-likeness (QED) is 0.589. The van der Waals surface area contributed by atoms with E-state index in [-0.39, 0.29) is 5.60 Å². The maximum atomic E-state index is 11.2. The molecular weight excluding hydrogens is 372 g/mol. The van der Waals surface area contributed by atoms with E-state index in [4.69, 9.17) is 16.3 Å². The second-order valence-electron chi connectivity index (χ2n) is 7.57. The van der Waals surface area contributed by atoms with Gasteiger partial charge in [0.15, 0.2) is 0 Å². The van der Waals surface area contributed by atoms with Gasteiger partial charge in [0.2, 0.25) is 0 Å². The van der Waals surface area contributed by atoms with Crippen molar-refractivity contribution < 1.29 is 14.6 Å². The summed E-state index contributed by atoms with van der Waals surface area (Å²) in [5.41, 5.74) is 4.24. The van der Waals surface area contributed by atoms with Gasteiger partial charge in [0, 0.05) is 11.4 Å². The maximum Gasteiger partial charge on any atom is 0.335 e. The summed E-state index contributed by atoms with van der Waals surface area (Å²) in [6, 6.07) is 21.0. The fourth-order valence-electron chi connectivity index (χ4n) is 3.80. The summed E-state index contributed by atoms with van der Waals surface area (Å²) in [5.74, 6) is -0.0196. The smallest absolute Gasteiger partial charge is 0.335 e. The Labute approximate surface area is 169 Å². The van der Waals surface area contributed by atoms with Gasteiger partial charge in [0.1, 0.15) is 11.4 Å². The zero-order valence-corrected chi connectivity index (χ0v) is 16.4. The fraction of sp³-hybridized carbons (Fsp3) is 0.208. The second kappa shape index (κ2) is 7.33. The number of hydrogen-bond acceptors (Lipinski definition) is 2. The summed E-state index contributed by atoms with van der Waals surface area (Å²) < 4.78 is 6.38. The maximum absolute atomic E-state index is 11.2. The number of halogens is 1. The van der Waals surface area contributed by atoms with Crippen molar-refractivity contribution in [3.8, 4) is 16.9 Å². The number of carboxylic acid groups (broad SMARTS) is 1. The fourth-order valence-corrected chi connectivity index (χ4v) is 4.02. The van der Waals surface area contributed by atoms with Gasteiger partial charge in [-0.1, -0.05) is 41.9 Å². The third-order valence-electron chi connectivity index (χ3n) is 5.25. The third-order valence-corrected chi connectivity index (χ3v) is 5.49. The number of carbonyl (C=O) groups is 1. The van der Waals surface area contributed by atoms with Crippen LogP contribution in [0.3, 0.4) is 0 Å². The number of aromatic carboxylic acids is 1. The van der Waals surface area contributed by atoms with Crippen LogP contribution in [0.1, 0.15) is 34.8 Å². The van der Waals surface area contributed by atoms with Crippen molar-refractivity contribution in [1.29, 1.82) is 0 Å². The minimum Gasteiger partial charge on any atom is -0.487 e. The minimum absolute atomic E-state index is 0.275. The SMILES string of the molecule is CC1(Cc2cccc(Cl)c2)CCc2cc(-c3cccc(C(=O)O)c3)ccc2O1. The number of benzene rings is 3. The van der Waals surface area contributed by atoms with Crippen molar-refractivity contribution in [1.82, 2.24) is 0 Å². The Bertz CT molecular complexity index is 1040. The lowest BCUT2D eigenvalue weighted by Gasteiger charge is -2.36. The van der Waals surface area contributed by atoms with Gasteiger partial charge < -0.3 is 9.84 Å². The largest absolute Gasteiger partial charge is 0.487 e. The molecule has 3 aromatic rings. The Morgan fingerprint density at radius 3 is 2.64 bits per heavy atom. The zero-order valence-electron chi connectivity index (χ0n) is 15.6. The van der Waals surface area contributed by atoms with Gasteiger partial charge in [-0.15, -0.1) is 0 Å². The third kappa shape index (κ3) is 3.90. The molecule has 1 atom stereocenters. The number of fused-ring (bicyclic) bond motifs is 1. The summed E-state index contributed by atoms with van der Waals surface area (Å²) in [4.78, 5) is 11.2. The van der Waals surface area contributed by atoms with E-state index in [0.717, 1.165) is 46.7 Å². The van der Waals surface area contributed by atoms with Crippen LogP contribution in [0.5, 0.6) is 5.75 Å². The summed E-state index contributed by atoms with van der Waals surface area (Å²) in [6.07, 6.45) is 2.62. The lowest BCUT2D eigenvalue weighted by molar-refractivity contribution is 0.0653. The normalized spacial score (nSPS) is 18.2. The molecular formula is C24H21ClO3. The van der Waals surface area contributed by atoms with Gasteiger partial charge in [0.25, 0.3) is 0 Å². The average Bonchev–Trinajstić information content (AvgIpc) is 2.67. The highest BCUT2D eigenvalue weighted by Crippen LogP contribution is 2.37. The molecule has 3 aromatic carbocycles. The molecule has 0 amide bonds. The lowest BCUT2D eigenvalue weighted by Crippen LogP contribution is -2.38. The van der Waals surface area contributed by atoms with Crippen LogP contribution < -0.4 is 4.74 Å². The average molecular weight is 393 g/mol. The Morgan fingerprint density at radius 1 is 1.07 bits per heavy atom. The van der Waals surface area contributed by atoms with Crippen molar-refractivity contribution in [3.05, 3.63) is 88.4 Å². The molecule has 28 heavy (non-hydrogen) atoms. The standard InChI is InChI=1S/C24H21ClO3/c1-24(15-16-4-2-7-21(25)12-16)11-10-19-13-18(8-9-22(19)28-24)17-5-3-6-20(14-17)23(26)27/h2-9,12-14H,10-11,15H2,1H3,(H,26,27). The number of carboxylic acids is 1. The van der Waals surface area contributed by atoms with Crippen LogP contribution >= 0.6 is 11.6 Å². The van der Waals surface area contributed by atoms with Crippen molar-refractivity contribution in [3.63, 3.8) is 0 Å². The van der Waals surface area contributed by atoms with Crippen LogP contribution in [0, 0.1) is 0 Å². The lowest BCUT2D eigenvalue weighted by atomic mass is 9.86. The van der Waals surface area contributed by atoms with Crippen molar-refractivity contribution in [2.45, 2.75) is 31.8 Å². The molecule has 1 unspecified atom stereocenters. The molecule has 1 aliphatic rings. The first kappa shape index (κ1) is 18.6. The second-order valence-corrected chi connectivity index (χ2v) is 8.00. The molecule has 1 aliphatic heterocycles. The molecule has 0 bridgehead atoms. The van der Waals surface area contributed by atoms with Gasteiger partial charge in [-0.25, -0.2) is 4.79 Å². The predicted octanol–water partition coefficient (Wildman–Crippen LogP) is 6.03. The molecule has 3 nitrogen and oxygen atoms in total. The summed E-state index contributed by atoms with van der Waals surface area (Å²) >= 11 is 6.12. The van der Waals surface area contributed by atoms with E-state index in [9.17, 15) is 9.90 Å². The summed E-state index contributed by atoms with van der Waals surface area (Å²) in [7, 11) is 0. The molecule has 1 N–H and O–H groups in total. The van der Waals surface area contributed by atoms with Crippen LogP contribution in [-0.4, -0.2) is 16.7 Å². The first-order chi connectivity index (χ1) is 13.4. The molecule has 0 radical (unpaired) electrons. The monoisotopic (exact) mass is 392 g/mol. The van der Waals surface area contributed by atoms with E-state index in [0.29, 0.717) is 5.56 Å². The summed E-state index contributed by atoms with van der Waals surface area (Å²) in [6.45, 7) is 2.14. The zero-order chi connectivity index (χ0) is 19.7. The van der Waals surface area contributed by atoms with Crippen molar-refractivity contribution >= 4 is 17.6 Å². The minimum atomic E-state index is -0.917. The molecule has 0 saturated heterocycles. The highest BCUT2D eigenvalue weighted by atomic mass is 35.5. The number of rotatable bonds is 4. The summed E-state index contributed by atoms with van der Waals surface area (Å²) in [5, 5.41) is 9.96. The number of aryl methyl sites for hydroxylation is 1. The van der Waals surface area contributed by atoms with Crippen LogP contribution in [0.4, 0.5) is 0 Å². The predicted molar refractivity (Wildman–Crippen MR) is 111 cm³/mol. The number of ether oxygens (including phenoxy) is 1. The van der Waals surface area contributed by atoms with Crippen LogP contribution in [0.25, 0.3) is 11.1 Å². The van der Waals surface area contributed by atoms with Gasteiger partial charge >= 0.3 is 5.97 Å². The molecule has 0 fully saturated rings. The molecule has 0 aliphatic carbocycles. The van der Waals surface area contributed by atoms with E-state index in [1.165, 1.54) is 5.56 Å². The Morgan fingerprint density at radius 2 is 1.86 bits per heavy atom. The van der Waals surface area contributed by atoms with Gasteiger partial charge in [0.05, 0.1) is 5.56 Å². The highest BCUT2D eigenvalue weighted by Gasteiger charge is 2.32. The Hall–Kier alpha value is -2.78. The molecule has 0 aromatic heterocycles. The molecule has 0 saturated carbocycles. The van der Waals surface area contributed by atoms with E-state index >= 15 is 0 Å². The van der Waals surface area contributed by atoms with E-state index < -0.39 is 5.97 Å². The number of hydrogen-bond donors (Lipinski definition) is 1. The molecule has 0 spiro atoms. The first-order valence-corrected chi connectivity index (χ1v) is 9.70. The molecule has 4 heteroatoms. The molecule has 4 rings (SSSR count). The van der Waals surface area contributed by atoms with Crippen LogP contribution in [-0.2, 0) is 12.8 Å². The van der Waals surface area contributed by atoms with Crippen molar-refractivity contribution in [2.75, 3.05) is 0 Å². The Balaban J connectivity index is 1.57. The molecule has 142 valence electrons.